The number of piperazine rings is 1. The fourth-order valence-corrected chi connectivity index (χ4v) is 5.69. The van der Waals surface area contributed by atoms with Gasteiger partial charge >= 0.3 is 0 Å². The van der Waals surface area contributed by atoms with Crippen molar-refractivity contribution in [1.29, 1.82) is 5.26 Å². The van der Waals surface area contributed by atoms with Crippen molar-refractivity contribution < 1.29 is 4.39 Å². The number of fused-ring (bicyclic) bond motifs is 5. The number of halogens is 1. The fourth-order valence-electron chi connectivity index (χ4n) is 5.69. The quantitative estimate of drug-likeness (QED) is 0.668. The highest BCUT2D eigenvalue weighted by molar-refractivity contribution is 5.93. The SMILES string of the molecule is N#Cc1ccc(N2CC3CC2CN3Cc2ccc3c4c(c(=O)[nH]c3c2)CCCN4)c(F)c1. The Morgan fingerprint density at radius 2 is 2.06 bits per heavy atom. The Balaban J connectivity index is 1.21. The smallest absolute Gasteiger partial charge is 0.253 e. The zero-order valence-corrected chi connectivity index (χ0v) is 17.7. The second-order valence-electron chi connectivity index (χ2n) is 9.12. The van der Waals surface area contributed by atoms with Crippen LogP contribution in [0, 0.1) is 17.1 Å². The number of nitriles is 1. The van der Waals surface area contributed by atoms with E-state index in [9.17, 15) is 9.18 Å². The molecule has 2 saturated heterocycles. The molecule has 1 aromatic heterocycles. The van der Waals surface area contributed by atoms with E-state index in [0.717, 1.165) is 67.6 Å². The lowest BCUT2D eigenvalue weighted by Gasteiger charge is -2.35. The highest BCUT2D eigenvalue weighted by Gasteiger charge is 2.43. The van der Waals surface area contributed by atoms with Crippen LogP contribution in [0.15, 0.2) is 41.2 Å². The number of nitrogens with zero attached hydrogens (tertiary/aromatic N) is 3. The summed E-state index contributed by atoms with van der Waals surface area (Å²) in [6.45, 7) is 3.38. The predicted octanol–water partition coefficient (Wildman–Crippen LogP) is 3.36. The molecule has 3 aromatic rings. The van der Waals surface area contributed by atoms with Gasteiger partial charge in [0.25, 0.3) is 5.56 Å². The lowest BCUT2D eigenvalue weighted by molar-refractivity contribution is 0.230. The number of anilines is 2. The molecule has 0 amide bonds. The number of pyridine rings is 1. The van der Waals surface area contributed by atoms with Gasteiger partial charge < -0.3 is 15.2 Å². The summed E-state index contributed by atoms with van der Waals surface area (Å²) in [6.07, 6.45) is 2.82. The molecule has 3 aliphatic rings. The van der Waals surface area contributed by atoms with Crippen molar-refractivity contribution in [3.8, 4) is 6.07 Å². The van der Waals surface area contributed by atoms with Crippen LogP contribution in [0.25, 0.3) is 10.9 Å². The van der Waals surface area contributed by atoms with Crippen LogP contribution >= 0.6 is 0 Å². The number of nitrogens with one attached hydrogen (secondary N) is 2. The second kappa shape index (κ2) is 7.35. The Labute approximate surface area is 185 Å². The van der Waals surface area contributed by atoms with E-state index in [-0.39, 0.29) is 17.4 Å². The third-order valence-corrected chi connectivity index (χ3v) is 7.21. The first-order valence-electron chi connectivity index (χ1n) is 11.2. The first-order chi connectivity index (χ1) is 15.6. The summed E-state index contributed by atoms with van der Waals surface area (Å²) in [5, 5.41) is 13.5. The summed E-state index contributed by atoms with van der Waals surface area (Å²) in [6, 6.07) is 13.7. The van der Waals surface area contributed by atoms with Crippen molar-refractivity contribution in [3.05, 3.63) is 69.3 Å². The largest absolute Gasteiger partial charge is 0.384 e. The molecule has 162 valence electrons. The molecule has 6 nitrogen and oxygen atoms in total. The van der Waals surface area contributed by atoms with Crippen molar-refractivity contribution in [3.63, 3.8) is 0 Å². The number of benzene rings is 2. The van der Waals surface area contributed by atoms with Crippen molar-refractivity contribution in [1.82, 2.24) is 9.88 Å². The van der Waals surface area contributed by atoms with Gasteiger partial charge in [-0.25, -0.2) is 4.39 Å². The van der Waals surface area contributed by atoms with E-state index in [1.54, 1.807) is 12.1 Å². The lowest BCUT2D eigenvalue weighted by atomic mass is 10.0. The molecule has 4 heterocycles. The van der Waals surface area contributed by atoms with E-state index < -0.39 is 0 Å². The Morgan fingerprint density at radius 3 is 2.84 bits per heavy atom. The average Bonchev–Trinajstić information content (AvgIpc) is 3.39. The number of hydrogen-bond acceptors (Lipinski definition) is 5. The molecule has 0 aliphatic carbocycles. The predicted molar refractivity (Wildman–Crippen MR) is 122 cm³/mol. The van der Waals surface area contributed by atoms with Gasteiger partial charge in [-0.2, -0.15) is 5.26 Å². The van der Waals surface area contributed by atoms with Gasteiger partial charge in [-0.15, -0.1) is 0 Å². The summed E-state index contributed by atoms with van der Waals surface area (Å²) >= 11 is 0. The topological polar surface area (TPSA) is 75.2 Å². The maximum absolute atomic E-state index is 14.5. The summed E-state index contributed by atoms with van der Waals surface area (Å²) in [4.78, 5) is 20.2. The van der Waals surface area contributed by atoms with Crippen LogP contribution < -0.4 is 15.8 Å². The molecule has 0 radical (unpaired) electrons. The minimum atomic E-state index is -0.321. The Hall–Kier alpha value is -3.37. The number of aromatic nitrogens is 1. The normalized spacial score (nSPS) is 22.1. The summed E-state index contributed by atoms with van der Waals surface area (Å²) < 4.78 is 14.5. The molecule has 0 saturated carbocycles. The highest BCUT2D eigenvalue weighted by atomic mass is 19.1. The van der Waals surface area contributed by atoms with Crippen molar-refractivity contribution >= 4 is 22.3 Å². The van der Waals surface area contributed by atoms with Crippen LogP contribution in [0.4, 0.5) is 15.8 Å². The summed E-state index contributed by atoms with van der Waals surface area (Å²) in [5.41, 5.74) is 4.86. The van der Waals surface area contributed by atoms with Crippen molar-refractivity contribution in [2.45, 2.75) is 37.9 Å². The maximum atomic E-state index is 14.5. The van der Waals surface area contributed by atoms with Crippen LogP contribution in [0.1, 0.15) is 29.5 Å². The van der Waals surface area contributed by atoms with E-state index in [1.165, 1.54) is 11.6 Å². The standard InChI is InChI=1S/C25H24FN5O/c26-21-8-15(11-27)4-6-23(21)31-14-17-10-18(31)13-30(17)12-16-3-5-19-22(9-16)29-25(32)20-2-1-7-28-24(19)20/h3-6,8-9,17-18,28H,1-2,7,10,12-14H2,(H,29,32). The highest BCUT2D eigenvalue weighted by Crippen LogP contribution is 2.37. The molecular formula is C25H24FN5O. The molecule has 2 N–H and O–H groups in total. The van der Waals surface area contributed by atoms with Gasteiger partial charge in [0.1, 0.15) is 5.82 Å². The number of aromatic amines is 1. The van der Waals surface area contributed by atoms with Crippen LogP contribution in [-0.2, 0) is 13.0 Å². The average molecular weight is 429 g/mol. The van der Waals surface area contributed by atoms with Gasteiger partial charge in [0.2, 0.25) is 0 Å². The molecule has 2 unspecified atom stereocenters. The Kier molecular flexibility index (Phi) is 4.44. The number of hydrogen-bond donors (Lipinski definition) is 2. The van der Waals surface area contributed by atoms with Crippen molar-refractivity contribution in [2.24, 2.45) is 0 Å². The van der Waals surface area contributed by atoms with Crippen LogP contribution in [0.2, 0.25) is 0 Å². The fraction of sp³-hybridized carbons (Fsp3) is 0.360. The van der Waals surface area contributed by atoms with Gasteiger partial charge in [-0.3, -0.25) is 9.69 Å². The zero-order valence-electron chi connectivity index (χ0n) is 17.7. The molecule has 3 aliphatic heterocycles. The minimum Gasteiger partial charge on any atom is -0.384 e. The van der Waals surface area contributed by atoms with E-state index in [1.807, 2.05) is 6.07 Å². The first kappa shape index (κ1) is 19.3. The van der Waals surface area contributed by atoms with Gasteiger partial charge in [0.15, 0.2) is 0 Å². The van der Waals surface area contributed by atoms with Gasteiger partial charge in [-0.1, -0.05) is 12.1 Å². The van der Waals surface area contributed by atoms with Crippen LogP contribution in [-0.4, -0.2) is 41.6 Å². The Morgan fingerprint density at radius 1 is 1.16 bits per heavy atom. The van der Waals surface area contributed by atoms with E-state index in [0.29, 0.717) is 17.3 Å². The lowest BCUT2D eigenvalue weighted by Crippen LogP contribution is -2.46. The molecule has 2 bridgehead atoms. The second-order valence-corrected chi connectivity index (χ2v) is 9.12. The summed E-state index contributed by atoms with van der Waals surface area (Å²) in [5.74, 6) is -0.321. The van der Waals surface area contributed by atoms with Gasteiger partial charge in [0.05, 0.1) is 28.5 Å². The van der Waals surface area contributed by atoms with E-state index >= 15 is 0 Å². The van der Waals surface area contributed by atoms with Gasteiger partial charge in [-0.05, 0) is 49.1 Å². The van der Waals surface area contributed by atoms with Gasteiger partial charge in [0, 0.05) is 49.2 Å². The monoisotopic (exact) mass is 429 g/mol. The molecule has 0 spiro atoms. The first-order valence-corrected chi connectivity index (χ1v) is 11.2. The molecule has 32 heavy (non-hydrogen) atoms. The minimum absolute atomic E-state index is 0.0113. The maximum Gasteiger partial charge on any atom is 0.253 e. The van der Waals surface area contributed by atoms with Crippen molar-refractivity contribution in [2.75, 3.05) is 29.9 Å². The van der Waals surface area contributed by atoms with Crippen LogP contribution in [0.3, 0.4) is 0 Å². The molecular weight excluding hydrogens is 405 g/mol. The number of likely N-dealkylation sites (tertiary alicyclic amines) is 1. The number of H-pyrrole nitrogens is 1. The third-order valence-electron chi connectivity index (χ3n) is 7.21. The molecule has 6 rings (SSSR count). The zero-order chi connectivity index (χ0) is 21.8. The third kappa shape index (κ3) is 3.06. The molecule has 2 aromatic carbocycles. The van der Waals surface area contributed by atoms with E-state index in [4.69, 9.17) is 5.26 Å². The Bertz CT molecular complexity index is 1330. The summed E-state index contributed by atoms with van der Waals surface area (Å²) in [7, 11) is 0. The van der Waals surface area contributed by atoms with E-state index in [2.05, 4.69) is 38.3 Å². The number of rotatable bonds is 3. The molecule has 2 atom stereocenters. The molecule has 2 fully saturated rings. The molecule has 7 heteroatoms. The van der Waals surface area contributed by atoms with Crippen LogP contribution in [0.5, 0.6) is 0 Å².